The maximum absolute atomic E-state index is 12.0. The summed E-state index contributed by atoms with van der Waals surface area (Å²) in [5.74, 6) is -0.472. The van der Waals surface area contributed by atoms with Crippen LogP contribution in [0.2, 0.25) is 5.02 Å². The molecular formula is C11H15ClN2O4S. The molecule has 0 bridgehead atoms. The summed E-state index contributed by atoms with van der Waals surface area (Å²) in [6.07, 6.45) is -0.0174. The molecule has 0 atom stereocenters. The van der Waals surface area contributed by atoms with E-state index in [0.717, 1.165) is 4.31 Å². The van der Waals surface area contributed by atoms with Gasteiger partial charge in [0.1, 0.15) is 0 Å². The second-order valence-corrected chi connectivity index (χ2v) is 5.92. The largest absolute Gasteiger partial charge is 0.469 e. The zero-order valence-corrected chi connectivity index (χ0v) is 12.2. The average molecular weight is 307 g/mol. The highest BCUT2D eigenvalue weighted by Gasteiger charge is 2.19. The third-order valence-electron chi connectivity index (χ3n) is 2.38. The zero-order chi connectivity index (χ0) is 14.5. The van der Waals surface area contributed by atoms with Crippen LogP contribution >= 0.6 is 11.6 Å². The van der Waals surface area contributed by atoms with Gasteiger partial charge in [0.15, 0.2) is 0 Å². The van der Waals surface area contributed by atoms with Crippen LogP contribution in [0.4, 0.5) is 5.69 Å². The molecule has 19 heavy (non-hydrogen) atoms. The van der Waals surface area contributed by atoms with Crippen molar-refractivity contribution in [3.63, 3.8) is 0 Å². The summed E-state index contributed by atoms with van der Waals surface area (Å²) in [4.78, 5) is 11.0. The molecule has 0 aliphatic rings. The maximum atomic E-state index is 12.0. The van der Waals surface area contributed by atoms with Crippen molar-refractivity contribution in [2.75, 3.05) is 25.4 Å². The summed E-state index contributed by atoms with van der Waals surface area (Å²) in [6, 6.07) is 6.49. The molecule has 0 amide bonds. The number of methoxy groups -OCH3 is 1. The number of halogens is 1. The van der Waals surface area contributed by atoms with Crippen molar-refractivity contribution in [1.29, 1.82) is 0 Å². The quantitative estimate of drug-likeness (QED) is 0.808. The second kappa shape index (κ2) is 6.74. The molecule has 0 unspecified atom stereocenters. The molecule has 0 fully saturated rings. The molecule has 1 rings (SSSR count). The number of esters is 1. The average Bonchev–Trinajstić information content (AvgIpc) is 2.37. The lowest BCUT2D eigenvalue weighted by Crippen LogP contribution is -2.34. The van der Waals surface area contributed by atoms with E-state index in [0.29, 0.717) is 5.02 Å². The van der Waals surface area contributed by atoms with E-state index in [1.54, 1.807) is 24.3 Å². The standard InChI is InChI=1S/C11H15ClN2O4S/c1-14(8-7-11(15)18-2)19(16,17)13-10-6-4-3-5-9(10)12/h3-6,13H,7-8H2,1-2H3. The molecule has 0 spiro atoms. The molecule has 0 saturated carbocycles. The summed E-state index contributed by atoms with van der Waals surface area (Å²) >= 11 is 5.87. The Bertz CT molecular complexity index is 547. The van der Waals surface area contributed by atoms with E-state index < -0.39 is 16.2 Å². The van der Waals surface area contributed by atoms with Gasteiger partial charge < -0.3 is 4.74 Å². The van der Waals surface area contributed by atoms with Gasteiger partial charge in [-0.15, -0.1) is 0 Å². The fourth-order valence-corrected chi connectivity index (χ4v) is 2.41. The van der Waals surface area contributed by atoms with Crippen molar-refractivity contribution in [3.8, 4) is 0 Å². The van der Waals surface area contributed by atoms with Gasteiger partial charge in [0.25, 0.3) is 0 Å². The van der Waals surface area contributed by atoms with Gasteiger partial charge in [-0.2, -0.15) is 12.7 Å². The highest BCUT2D eigenvalue weighted by molar-refractivity contribution is 7.90. The number of nitrogens with one attached hydrogen (secondary N) is 1. The van der Waals surface area contributed by atoms with Gasteiger partial charge >= 0.3 is 16.2 Å². The number of benzene rings is 1. The fraction of sp³-hybridized carbons (Fsp3) is 0.364. The normalized spacial score (nSPS) is 11.4. The third kappa shape index (κ3) is 4.70. The minimum atomic E-state index is -3.75. The molecule has 0 saturated heterocycles. The SMILES string of the molecule is COC(=O)CCN(C)S(=O)(=O)Nc1ccccc1Cl. The summed E-state index contributed by atoms with van der Waals surface area (Å²) in [5, 5.41) is 0.299. The summed E-state index contributed by atoms with van der Waals surface area (Å²) in [6.45, 7) is 0.0203. The van der Waals surface area contributed by atoms with E-state index >= 15 is 0 Å². The Balaban J connectivity index is 2.70. The highest BCUT2D eigenvalue weighted by atomic mass is 35.5. The first-order valence-electron chi connectivity index (χ1n) is 5.42. The Morgan fingerprint density at radius 1 is 1.42 bits per heavy atom. The zero-order valence-electron chi connectivity index (χ0n) is 10.6. The van der Waals surface area contributed by atoms with Crippen LogP contribution in [0, 0.1) is 0 Å². The summed E-state index contributed by atoms with van der Waals surface area (Å²) in [5.41, 5.74) is 0.286. The molecule has 1 N–H and O–H groups in total. The molecule has 0 aromatic heterocycles. The first-order valence-corrected chi connectivity index (χ1v) is 7.24. The number of hydrogen-bond donors (Lipinski definition) is 1. The molecule has 0 aliphatic heterocycles. The van der Waals surface area contributed by atoms with E-state index in [-0.39, 0.29) is 18.7 Å². The Morgan fingerprint density at radius 3 is 2.63 bits per heavy atom. The van der Waals surface area contributed by atoms with Gasteiger partial charge in [-0.05, 0) is 12.1 Å². The minimum absolute atomic E-state index is 0.0174. The van der Waals surface area contributed by atoms with Crippen molar-refractivity contribution < 1.29 is 17.9 Å². The van der Waals surface area contributed by atoms with E-state index in [9.17, 15) is 13.2 Å². The predicted octanol–water partition coefficient (Wildman–Crippen LogP) is 1.49. The number of hydrogen-bond acceptors (Lipinski definition) is 4. The van der Waals surface area contributed by atoms with Crippen LogP contribution in [0.15, 0.2) is 24.3 Å². The molecule has 0 radical (unpaired) electrons. The van der Waals surface area contributed by atoms with E-state index in [1.807, 2.05) is 0 Å². The van der Waals surface area contributed by atoms with Crippen molar-refractivity contribution in [3.05, 3.63) is 29.3 Å². The number of ether oxygens (including phenoxy) is 1. The Hall–Kier alpha value is -1.31. The number of nitrogens with zero attached hydrogens (tertiary/aromatic N) is 1. The molecule has 8 heteroatoms. The molecule has 1 aromatic carbocycles. The molecule has 0 heterocycles. The molecule has 6 nitrogen and oxygen atoms in total. The Labute approximate surface area is 117 Å². The first kappa shape index (κ1) is 15.7. The first-order chi connectivity index (χ1) is 8.86. The van der Waals surface area contributed by atoms with Gasteiger partial charge in [-0.25, -0.2) is 0 Å². The number of anilines is 1. The van der Waals surface area contributed by atoms with Crippen molar-refractivity contribution in [2.45, 2.75) is 6.42 Å². The van der Waals surface area contributed by atoms with Crippen molar-refractivity contribution in [2.24, 2.45) is 0 Å². The summed E-state index contributed by atoms with van der Waals surface area (Å²) < 4.78 is 31.7. The Kier molecular flexibility index (Phi) is 5.59. The molecular weight excluding hydrogens is 292 g/mol. The third-order valence-corrected chi connectivity index (χ3v) is 4.19. The van der Waals surface area contributed by atoms with Crippen LogP contribution in [-0.2, 0) is 19.7 Å². The van der Waals surface area contributed by atoms with Crippen LogP contribution in [0.1, 0.15) is 6.42 Å². The van der Waals surface area contributed by atoms with Crippen molar-refractivity contribution in [1.82, 2.24) is 4.31 Å². The maximum Gasteiger partial charge on any atom is 0.306 e. The van der Waals surface area contributed by atoms with Crippen LogP contribution in [0.25, 0.3) is 0 Å². The van der Waals surface area contributed by atoms with Crippen LogP contribution in [0.3, 0.4) is 0 Å². The van der Waals surface area contributed by atoms with Crippen molar-refractivity contribution >= 4 is 33.5 Å². The topological polar surface area (TPSA) is 75.7 Å². The minimum Gasteiger partial charge on any atom is -0.469 e. The number of para-hydroxylation sites is 1. The van der Waals surface area contributed by atoms with Gasteiger partial charge in [-0.1, -0.05) is 23.7 Å². The van der Waals surface area contributed by atoms with Gasteiger partial charge in [-0.3, -0.25) is 9.52 Å². The lowest BCUT2D eigenvalue weighted by molar-refractivity contribution is -0.140. The predicted molar refractivity (Wildman–Crippen MR) is 73.3 cm³/mol. The van der Waals surface area contributed by atoms with Crippen LogP contribution < -0.4 is 4.72 Å². The van der Waals surface area contributed by atoms with E-state index in [4.69, 9.17) is 11.6 Å². The second-order valence-electron chi connectivity index (χ2n) is 3.73. The molecule has 1 aromatic rings. The van der Waals surface area contributed by atoms with E-state index in [2.05, 4.69) is 9.46 Å². The van der Waals surface area contributed by atoms with Crippen LogP contribution in [0.5, 0.6) is 0 Å². The monoisotopic (exact) mass is 306 g/mol. The number of carbonyl (C=O) groups is 1. The molecule has 106 valence electrons. The van der Waals surface area contributed by atoms with Crippen LogP contribution in [-0.4, -0.2) is 39.4 Å². The molecule has 0 aliphatic carbocycles. The summed E-state index contributed by atoms with van der Waals surface area (Å²) in [7, 11) is -1.14. The number of carbonyl (C=O) groups excluding carboxylic acids is 1. The van der Waals surface area contributed by atoms with Gasteiger partial charge in [0, 0.05) is 13.6 Å². The highest BCUT2D eigenvalue weighted by Crippen LogP contribution is 2.22. The Morgan fingerprint density at radius 2 is 2.05 bits per heavy atom. The fourth-order valence-electron chi connectivity index (χ4n) is 1.23. The lowest BCUT2D eigenvalue weighted by atomic mass is 10.3. The van der Waals surface area contributed by atoms with E-state index in [1.165, 1.54) is 14.2 Å². The van der Waals surface area contributed by atoms with Gasteiger partial charge in [0.2, 0.25) is 0 Å². The number of rotatable bonds is 6. The lowest BCUT2D eigenvalue weighted by Gasteiger charge is -2.18. The smallest absolute Gasteiger partial charge is 0.306 e. The van der Waals surface area contributed by atoms with Gasteiger partial charge in [0.05, 0.1) is 24.2 Å².